The summed E-state index contributed by atoms with van der Waals surface area (Å²) in [5.41, 5.74) is 1.23. The lowest BCUT2D eigenvalue weighted by Gasteiger charge is -2.18. The van der Waals surface area contributed by atoms with Crippen LogP contribution in [-0.4, -0.2) is 13.3 Å². The summed E-state index contributed by atoms with van der Waals surface area (Å²) in [4.78, 5) is 1.14. The molecule has 1 N–H and O–H groups in total. The number of rotatable bonds is 4. The van der Waals surface area contributed by atoms with Gasteiger partial charge in [-0.1, -0.05) is 12.1 Å². The Labute approximate surface area is 116 Å². The highest BCUT2D eigenvalue weighted by atomic mass is 32.2. The molecule has 100 valence electrons. The zero-order valence-corrected chi connectivity index (χ0v) is 11.6. The Morgan fingerprint density at radius 2 is 1.74 bits per heavy atom. The number of nitrogens with one attached hydrogen (secondary N) is 1. The van der Waals surface area contributed by atoms with Crippen LogP contribution in [0.25, 0.3) is 0 Å². The largest absolute Gasteiger partial charge is 0.309 e. The van der Waals surface area contributed by atoms with E-state index in [9.17, 15) is 8.78 Å². The van der Waals surface area contributed by atoms with Crippen LogP contribution in [0.2, 0.25) is 0 Å². The summed E-state index contributed by atoms with van der Waals surface area (Å²) in [5, 5.41) is 3.03. The van der Waals surface area contributed by atoms with Crippen molar-refractivity contribution >= 4 is 11.8 Å². The normalized spacial score (nSPS) is 12.4. The minimum atomic E-state index is -0.433. The molecule has 0 aromatic heterocycles. The third-order valence-electron chi connectivity index (χ3n) is 3.01. The molecule has 4 heteroatoms. The van der Waals surface area contributed by atoms with E-state index in [2.05, 4.69) is 5.32 Å². The summed E-state index contributed by atoms with van der Waals surface area (Å²) in [6, 6.07) is 11.0. The van der Waals surface area contributed by atoms with Gasteiger partial charge in [0.2, 0.25) is 0 Å². The molecule has 19 heavy (non-hydrogen) atoms. The van der Waals surface area contributed by atoms with Gasteiger partial charge in [-0.25, -0.2) is 8.78 Å². The van der Waals surface area contributed by atoms with Crippen LogP contribution in [0.3, 0.4) is 0 Å². The van der Waals surface area contributed by atoms with Crippen LogP contribution in [0, 0.1) is 11.6 Å². The zero-order chi connectivity index (χ0) is 13.8. The fourth-order valence-electron chi connectivity index (χ4n) is 2.03. The van der Waals surface area contributed by atoms with Crippen molar-refractivity contribution in [3.05, 3.63) is 65.2 Å². The summed E-state index contributed by atoms with van der Waals surface area (Å²) in [6.45, 7) is 0. The van der Waals surface area contributed by atoms with Gasteiger partial charge in [0.15, 0.2) is 0 Å². The lowest BCUT2D eigenvalue weighted by molar-refractivity contribution is 0.558. The van der Waals surface area contributed by atoms with Gasteiger partial charge in [0.25, 0.3) is 0 Å². The van der Waals surface area contributed by atoms with Crippen LogP contribution < -0.4 is 5.32 Å². The third kappa shape index (κ3) is 3.14. The second-order valence-corrected chi connectivity index (χ2v) is 5.04. The average molecular weight is 279 g/mol. The maximum atomic E-state index is 13.8. The molecule has 1 atom stereocenters. The Morgan fingerprint density at radius 1 is 1.05 bits per heavy atom. The molecule has 0 bridgehead atoms. The Hall–Kier alpha value is -1.39. The van der Waals surface area contributed by atoms with Gasteiger partial charge in [-0.2, -0.15) is 0 Å². The fraction of sp³-hybridized carbons (Fsp3) is 0.200. The maximum Gasteiger partial charge on any atom is 0.128 e. The van der Waals surface area contributed by atoms with Gasteiger partial charge in [0, 0.05) is 10.5 Å². The summed E-state index contributed by atoms with van der Waals surface area (Å²) < 4.78 is 27.1. The van der Waals surface area contributed by atoms with Crippen LogP contribution in [-0.2, 0) is 0 Å². The van der Waals surface area contributed by atoms with Gasteiger partial charge < -0.3 is 5.32 Å². The van der Waals surface area contributed by atoms with Gasteiger partial charge >= 0.3 is 0 Å². The molecule has 0 amide bonds. The van der Waals surface area contributed by atoms with Crippen molar-refractivity contribution in [2.75, 3.05) is 13.3 Å². The van der Waals surface area contributed by atoms with Crippen LogP contribution >= 0.6 is 11.8 Å². The first-order chi connectivity index (χ1) is 9.15. The highest BCUT2D eigenvalue weighted by molar-refractivity contribution is 7.98. The smallest absolute Gasteiger partial charge is 0.128 e. The van der Waals surface area contributed by atoms with Crippen molar-refractivity contribution in [1.82, 2.24) is 5.32 Å². The first-order valence-corrected chi connectivity index (χ1v) is 7.14. The molecular formula is C15H15F2NS. The van der Waals surface area contributed by atoms with Crippen LogP contribution in [0.1, 0.15) is 17.2 Å². The van der Waals surface area contributed by atoms with Gasteiger partial charge in [0.1, 0.15) is 11.6 Å². The molecule has 0 spiro atoms. The third-order valence-corrected chi connectivity index (χ3v) is 3.75. The average Bonchev–Trinajstić information content (AvgIpc) is 2.44. The van der Waals surface area contributed by atoms with Crippen LogP contribution in [0.15, 0.2) is 47.4 Å². The lowest BCUT2D eigenvalue weighted by atomic mass is 9.98. The summed E-state index contributed by atoms with van der Waals surface area (Å²) in [6.07, 6.45) is 2.00. The highest BCUT2D eigenvalue weighted by Gasteiger charge is 2.16. The van der Waals surface area contributed by atoms with E-state index in [0.717, 1.165) is 22.6 Å². The molecule has 0 saturated heterocycles. The number of hydrogen-bond donors (Lipinski definition) is 1. The monoisotopic (exact) mass is 279 g/mol. The standard InChI is InChI=1S/C15H15F2NS/c1-18-15(10-3-6-12(19-2)7-4-10)13-9-11(16)5-8-14(13)17/h3-9,15,18H,1-2H3. The zero-order valence-electron chi connectivity index (χ0n) is 10.8. The van der Waals surface area contributed by atoms with Crippen molar-refractivity contribution in [3.8, 4) is 0 Å². The number of hydrogen-bond acceptors (Lipinski definition) is 2. The number of thioether (sulfide) groups is 1. The molecular weight excluding hydrogens is 264 g/mol. The molecule has 1 nitrogen and oxygen atoms in total. The Bertz CT molecular complexity index is 555. The molecule has 0 aliphatic rings. The molecule has 0 aliphatic carbocycles. The topological polar surface area (TPSA) is 12.0 Å². The van der Waals surface area contributed by atoms with Crippen molar-refractivity contribution in [2.45, 2.75) is 10.9 Å². The molecule has 0 aliphatic heterocycles. The van der Waals surface area contributed by atoms with E-state index in [1.165, 1.54) is 6.07 Å². The Kier molecular flexibility index (Phi) is 4.56. The van der Waals surface area contributed by atoms with Gasteiger partial charge in [-0.3, -0.25) is 0 Å². The maximum absolute atomic E-state index is 13.8. The Balaban J connectivity index is 2.40. The summed E-state index contributed by atoms with van der Waals surface area (Å²) in [5.74, 6) is -0.841. The van der Waals surface area contributed by atoms with E-state index in [1.54, 1.807) is 18.8 Å². The number of halogens is 2. The molecule has 2 rings (SSSR count). The molecule has 0 saturated carbocycles. The van der Waals surface area contributed by atoms with Gasteiger partial charge in [-0.05, 0) is 49.2 Å². The minimum absolute atomic E-state index is 0.319. The van der Waals surface area contributed by atoms with Crippen molar-refractivity contribution in [2.24, 2.45) is 0 Å². The Morgan fingerprint density at radius 3 is 2.32 bits per heavy atom. The second kappa shape index (κ2) is 6.17. The molecule has 2 aromatic carbocycles. The SMILES string of the molecule is CNC(c1ccc(SC)cc1)c1cc(F)ccc1F. The van der Waals surface area contributed by atoms with Crippen LogP contribution in [0.4, 0.5) is 8.78 Å². The molecule has 0 radical (unpaired) electrons. The summed E-state index contributed by atoms with van der Waals surface area (Å²) in [7, 11) is 1.73. The number of benzene rings is 2. The van der Waals surface area contributed by atoms with E-state index in [4.69, 9.17) is 0 Å². The molecule has 1 unspecified atom stereocenters. The van der Waals surface area contributed by atoms with Crippen molar-refractivity contribution < 1.29 is 8.78 Å². The molecule has 2 aromatic rings. The van der Waals surface area contributed by atoms with E-state index in [-0.39, 0.29) is 6.04 Å². The first kappa shape index (κ1) is 14.0. The predicted molar refractivity (Wildman–Crippen MR) is 75.5 cm³/mol. The summed E-state index contributed by atoms with van der Waals surface area (Å²) >= 11 is 1.64. The predicted octanol–water partition coefficient (Wildman–Crippen LogP) is 4.00. The van der Waals surface area contributed by atoms with Gasteiger partial charge in [-0.15, -0.1) is 11.8 Å². The van der Waals surface area contributed by atoms with E-state index in [1.807, 2.05) is 30.5 Å². The van der Waals surface area contributed by atoms with E-state index >= 15 is 0 Å². The minimum Gasteiger partial charge on any atom is -0.309 e. The lowest BCUT2D eigenvalue weighted by Crippen LogP contribution is -2.19. The van der Waals surface area contributed by atoms with Crippen molar-refractivity contribution in [3.63, 3.8) is 0 Å². The molecule has 0 heterocycles. The first-order valence-electron chi connectivity index (χ1n) is 5.92. The van der Waals surface area contributed by atoms with Crippen molar-refractivity contribution in [1.29, 1.82) is 0 Å². The molecule has 0 fully saturated rings. The van der Waals surface area contributed by atoms with E-state index in [0.29, 0.717) is 5.56 Å². The van der Waals surface area contributed by atoms with Crippen LogP contribution in [0.5, 0.6) is 0 Å². The highest BCUT2D eigenvalue weighted by Crippen LogP contribution is 2.26. The van der Waals surface area contributed by atoms with E-state index < -0.39 is 11.6 Å². The fourth-order valence-corrected chi connectivity index (χ4v) is 2.44. The second-order valence-electron chi connectivity index (χ2n) is 4.16. The quantitative estimate of drug-likeness (QED) is 0.849. The van der Waals surface area contributed by atoms with Gasteiger partial charge in [0.05, 0.1) is 6.04 Å².